The molecule has 0 aliphatic heterocycles. The highest BCUT2D eigenvalue weighted by atomic mass is 14.8. The molecule has 0 N–H and O–H groups in total. The molecule has 1 heterocycles. The summed E-state index contributed by atoms with van der Waals surface area (Å²) in [6, 6.07) is 0. The Labute approximate surface area is 61.3 Å². The van der Waals surface area contributed by atoms with E-state index in [2.05, 4.69) is 30.7 Å². The molecule has 0 aliphatic rings. The normalized spacial score (nSPS) is 11.5. The summed E-state index contributed by atoms with van der Waals surface area (Å²) in [6.07, 6.45) is 5.26. The van der Waals surface area contributed by atoms with Crippen molar-refractivity contribution in [2.24, 2.45) is 0 Å². The first-order valence-electron chi connectivity index (χ1n) is 3.36. The Balaban J connectivity index is 2.97. The summed E-state index contributed by atoms with van der Waals surface area (Å²) >= 11 is 0. The summed E-state index contributed by atoms with van der Waals surface area (Å²) in [5.74, 6) is 0. The molecule has 0 saturated heterocycles. The van der Waals surface area contributed by atoms with E-state index in [0.717, 1.165) is 0 Å². The largest absolute Gasteiger partial charge is 0.245 e. The molecule has 0 unspecified atom stereocenters. The Hall–Kier alpha value is -0.920. The molecular formula is C8H12N2. The van der Waals surface area contributed by atoms with Gasteiger partial charge in [-0.25, -0.2) is 9.97 Å². The number of hydrogen-bond donors (Lipinski definition) is 0. The fourth-order valence-electron chi connectivity index (χ4n) is 0.686. The molecule has 0 fully saturated rings. The summed E-state index contributed by atoms with van der Waals surface area (Å²) < 4.78 is 0. The van der Waals surface area contributed by atoms with Gasteiger partial charge in [0.25, 0.3) is 0 Å². The van der Waals surface area contributed by atoms with Gasteiger partial charge in [0.05, 0.1) is 0 Å². The van der Waals surface area contributed by atoms with Crippen LogP contribution in [0.5, 0.6) is 0 Å². The molecule has 0 atom stereocenters. The van der Waals surface area contributed by atoms with Gasteiger partial charge < -0.3 is 0 Å². The maximum atomic E-state index is 3.94. The van der Waals surface area contributed by atoms with E-state index in [4.69, 9.17) is 0 Å². The van der Waals surface area contributed by atoms with Gasteiger partial charge in [-0.15, -0.1) is 0 Å². The van der Waals surface area contributed by atoms with Gasteiger partial charge in [0, 0.05) is 12.4 Å². The maximum Gasteiger partial charge on any atom is 0.115 e. The van der Waals surface area contributed by atoms with E-state index in [1.165, 1.54) is 5.56 Å². The van der Waals surface area contributed by atoms with Gasteiger partial charge in [0.15, 0.2) is 0 Å². The Morgan fingerprint density at radius 2 is 1.60 bits per heavy atom. The van der Waals surface area contributed by atoms with Crippen LogP contribution in [0.15, 0.2) is 18.7 Å². The molecule has 1 aromatic rings. The lowest BCUT2D eigenvalue weighted by Gasteiger charge is -2.16. The van der Waals surface area contributed by atoms with Gasteiger partial charge in [0.1, 0.15) is 6.33 Å². The third-order valence-electron chi connectivity index (χ3n) is 1.43. The summed E-state index contributed by atoms with van der Waals surface area (Å²) in [7, 11) is 0. The van der Waals surface area contributed by atoms with Gasteiger partial charge in [-0.05, 0) is 11.0 Å². The van der Waals surface area contributed by atoms with Crippen LogP contribution in [-0.4, -0.2) is 9.97 Å². The van der Waals surface area contributed by atoms with Gasteiger partial charge >= 0.3 is 0 Å². The maximum absolute atomic E-state index is 3.94. The summed E-state index contributed by atoms with van der Waals surface area (Å²) in [6.45, 7) is 6.43. The zero-order chi connectivity index (χ0) is 7.61. The van der Waals surface area contributed by atoms with Gasteiger partial charge in [-0.2, -0.15) is 0 Å². The predicted molar refractivity (Wildman–Crippen MR) is 40.7 cm³/mol. The Morgan fingerprint density at radius 3 is 1.90 bits per heavy atom. The molecule has 54 valence electrons. The van der Waals surface area contributed by atoms with Crippen LogP contribution < -0.4 is 0 Å². The van der Waals surface area contributed by atoms with Crippen molar-refractivity contribution in [3.63, 3.8) is 0 Å². The van der Waals surface area contributed by atoms with Crippen molar-refractivity contribution < 1.29 is 0 Å². The first-order valence-corrected chi connectivity index (χ1v) is 3.36. The molecule has 10 heavy (non-hydrogen) atoms. The summed E-state index contributed by atoms with van der Waals surface area (Å²) in [5.41, 5.74) is 1.34. The second kappa shape index (κ2) is 2.37. The minimum Gasteiger partial charge on any atom is -0.245 e. The fourth-order valence-corrected chi connectivity index (χ4v) is 0.686. The van der Waals surface area contributed by atoms with Crippen molar-refractivity contribution in [1.29, 1.82) is 0 Å². The molecule has 2 heteroatoms. The van der Waals surface area contributed by atoms with E-state index in [9.17, 15) is 0 Å². The predicted octanol–water partition coefficient (Wildman–Crippen LogP) is 1.77. The topological polar surface area (TPSA) is 25.8 Å². The van der Waals surface area contributed by atoms with E-state index in [1.807, 2.05) is 12.4 Å². The Bertz CT molecular complexity index is 198. The molecule has 1 aromatic heterocycles. The van der Waals surface area contributed by atoms with Crippen LogP contribution in [0.2, 0.25) is 0 Å². The van der Waals surface area contributed by atoms with E-state index < -0.39 is 0 Å². The standard InChI is InChI=1S/C8H12N2/c1-8(2,3)7-4-9-6-10-5-7/h4-6H,1-3H3. The molecule has 0 aromatic carbocycles. The van der Waals surface area contributed by atoms with Crippen molar-refractivity contribution in [2.75, 3.05) is 0 Å². The second-order valence-corrected chi connectivity index (χ2v) is 3.38. The smallest absolute Gasteiger partial charge is 0.115 e. The van der Waals surface area contributed by atoms with Crippen LogP contribution in [0, 0.1) is 0 Å². The van der Waals surface area contributed by atoms with E-state index in [0.29, 0.717) is 0 Å². The van der Waals surface area contributed by atoms with Gasteiger partial charge in [0.2, 0.25) is 0 Å². The van der Waals surface area contributed by atoms with Gasteiger partial charge in [-0.3, -0.25) is 0 Å². The first kappa shape index (κ1) is 7.19. The number of aromatic nitrogens is 2. The van der Waals surface area contributed by atoms with Crippen LogP contribution in [0.4, 0.5) is 0 Å². The monoisotopic (exact) mass is 136 g/mol. The van der Waals surface area contributed by atoms with Crippen molar-refractivity contribution in [1.82, 2.24) is 9.97 Å². The number of nitrogens with zero attached hydrogens (tertiary/aromatic N) is 2. The highest BCUT2D eigenvalue weighted by Gasteiger charge is 2.12. The fraction of sp³-hybridized carbons (Fsp3) is 0.500. The van der Waals surface area contributed by atoms with Crippen molar-refractivity contribution in [3.8, 4) is 0 Å². The molecule has 0 aliphatic carbocycles. The van der Waals surface area contributed by atoms with E-state index in [1.54, 1.807) is 6.33 Å². The molecule has 0 radical (unpaired) electrons. The second-order valence-electron chi connectivity index (χ2n) is 3.38. The molecule has 0 spiro atoms. The zero-order valence-electron chi connectivity index (χ0n) is 6.63. The Morgan fingerprint density at radius 1 is 1.10 bits per heavy atom. The lowest BCUT2D eigenvalue weighted by atomic mass is 9.89. The Kier molecular flexibility index (Phi) is 1.70. The first-order chi connectivity index (χ1) is 4.61. The van der Waals surface area contributed by atoms with Crippen LogP contribution in [-0.2, 0) is 5.41 Å². The molecule has 1 rings (SSSR count). The minimum atomic E-state index is 0.168. The lowest BCUT2D eigenvalue weighted by Crippen LogP contribution is -2.11. The average molecular weight is 136 g/mol. The molecule has 0 bridgehead atoms. The van der Waals surface area contributed by atoms with Crippen molar-refractivity contribution in [2.45, 2.75) is 26.2 Å². The van der Waals surface area contributed by atoms with Crippen molar-refractivity contribution in [3.05, 3.63) is 24.3 Å². The quantitative estimate of drug-likeness (QED) is 0.543. The molecule has 0 amide bonds. The average Bonchev–Trinajstić information content (AvgIpc) is 1.88. The van der Waals surface area contributed by atoms with Crippen LogP contribution in [0.3, 0.4) is 0 Å². The number of rotatable bonds is 0. The van der Waals surface area contributed by atoms with Gasteiger partial charge in [-0.1, -0.05) is 20.8 Å². The van der Waals surface area contributed by atoms with Crippen LogP contribution in [0.1, 0.15) is 26.3 Å². The highest BCUT2D eigenvalue weighted by Crippen LogP contribution is 2.19. The number of hydrogen-bond acceptors (Lipinski definition) is 2. The van der Waals surface area contributed by atoms with E-state index >= 15 is 0 Å². The van der Waals surface area contributed by atoms with Crippen molar-refractivity contribution >= 4 is 0 Å². The third-order valence-corrected chi connectivity index (χ3v) is 1.43. The zero-order valence-corrected chi connectivity index (χ0v) is 6.63. The minimum absolute atomic E-state index is 0.168. The van der Waals surface area contributed by atoms with Crippen LogP contribution >= 0.6 is 0 Å². The van der Waals surface area contributed by atoms with Crippen LogP contribution in [0.25, 0.3) is 0 Å². The lowest BCUT2D eigenvalue weighted by molar-refractivity contribution is 0.584. The molecule has 0 saturated carbocycles. The SMILES string of the molecule is CC(C)(C)c1cncnc1. The molecule has 2 nitrogen and oxygen atoms in total. The van der Waals surface area contributed by atoms with E-state index in [-0.39, 0.29) is 5.41 Å². The molecular weight excluding hydrogens is 124 g/mol. The summed E-state index contributed by atoms with van der Waals surface area (Å²) in [5, 5.41) is 0. The third kappa shape index (κ3) is 1.53. The highest BCUT2D eigenvalue weighted by molar-refractivity contribution is 5.13. The summed E-state index contributed by atoms with van der Waals surface area (Å²) in [4.78, 5) is 7.88.